The van der Waals surface area contributed by atoms with Crippen LogP contribution in [0.15, 0.2) is 6.07 Å². The Balaban J connectivity index is 2.72. The first kappa shape index (κ1) is 13.7. The lowest BCUT2D eigenvalue weighted by Gasteiger charge is -2.12. The molecule has 0 radical (unpaired) electrons. The van der Waals surface area contributed by atoms with E-state index in [0.717, 1.165) is 37.0 Å². The van der Waals surface area contributed by atoms with Crippen molar-refractivity contribution in [3.63, 3.8) is 0 Å². The Morgan fingerprint density at radius 1 is 1.12 bits per heavy atom. The molecule has 0 spiro atoms. The van der Waals surface area contributed by atoms with Crippen LogP contribution in [0.3, 0.4) is 0 Å². The average molecular weight is 236 g/mol. The van der Waals surface area contributed by atoms with E-state index in [4.69, 9.17) is 0 Å². The minimum Gasteiger partial charge on any atom is -0.370 e. The Morgan fingerprint density at radius 2 is 1.76 bits per heavy atom. The molecule has 1 atom stereocenters. The Kier molecular flexibility index (Phi) is 5.73. The van der Waals surface area contributed by atoms with Crippen LogP contribution in [-0.4, -0.2) is 23.1 Å². The molecule has 0 aliphatic carbocycles. The molecule has 1 rings (SSSR count). The number of rotatable bonds is 7. The summed E-state index contributed by atoms with van der Waals surface area (Å²) in [6.45, 7) is 10.4. The Hall–Kier alpha value is -1.32. The van der Waals surface area contributed by atoms with Crippen LogP contribution in [0.2, 0.25) is 0 Å². The molecule has 1 aromatic heterocycles. The number of nitrogens with one attached hydrogen (secondary N) is 2. The maximum absolute atomic E-state index is 4.48. The molecule has 1 heterocycles. The Morgan fingerprint density at radius 3 is 2.29 bits per heavy atom. The third-order valence-electron chi connectivity index (χ3n) is 2.78. The van der Waals surface area contributed by atoms with E-state index in [-0.39, 0.29) is 0 Å². The van der Waals surface area contributed by atoms with Gasteiger partial charge < -0.3 is 10.6 Å². The Labute approximate surface area is 104 Å². The minimum absolute atomic E-state index is 0.664. The first-order valence-electron chi connectivity index (χ1n) is 6.55. The lowest BCUT2D eigenvalue weighted by molar-refractivity contribution is 0.592. The predicted octanol–water partition coefficient (Wildman–Crippen LogP) is 2.93. The van der Waals surface area contributed by atoms with E-state index in [1.54, 1.807) is 0 Å². The van der Waals surface area contributed by atoms with Crippen molar-refractivity contribution in [3.8, 4) is 0 Å². The summed E-state index contributed by atoms with van der Waals surface area (Å²) in [5, 5.41) is 6.61. The molecular weight excluding hydrogens is 212 g/mol. The molecule has 0 amide bonds. The van der Waals surface area contributed by atoms with Crippen LogP contribution in [0.25, 0.3) is 0 Å². The first-order valence-corrected chi connectivity index (χ1v) is 6.55. The van der Waals surface area contributed by atoms with Crippen LogP contribution in [0.1, 0.15) is 39.9 Å². The third kappa shape index (κ3) is 4.59. The molecule has 0 aliphatic rings. The van der Waals surface area contributed by atoms with Gasteiger partial charge in [0.2, 0.25) is 0 Å². The fraction of sp³-hybridized carbons (Fsp3) is 0.692. The molecule has 0 saturated heterocycles. The normalized spacial score (nSPS) is 12.2. The summed E-state index contributed by atoms with van der Waals surface area (Å²) in [4.78, 5) is 8.90. The zero-order chi connectivity index (χ0) is 12.7. The standard InChI is InChI=1S/C13H24N4/c1-5-10(4)9-15-13-8-12(14-7-3)16-11(6-2)17-13/h8,10H,5-7,9H2,1-4H3,(H2,14,15,16,17). The van der Waals surface area contributed by atoms with Gasteiger partial charge in [0.15, 0.2) is 0 Å². The summed E-state index contributed by atoms with van der Waals surface area (Å²) < 4.78 is 0. The second-order valence-electron chi connectivity index (χ2n) is 4.33. The zero-order valence-electron chi connectivity index (χ0n) is 11.4. The van der Waals surface area contributed by atoms with Crippen LogP contribution in [0, 0.1) is 5.92 Å². The van der Waals surface area contributed by atoms with Crippen molar-refractivity contribution in [1.82, 2.24) is 9.97 Å². The molecule has 0 aliphatic heterocycles. The van der Waals surface area contributed by atoms with Crippen molar-refractivity contribution in [3.05, 3.63) is 11.9 Å². The highest BCUT2D eigenvalue weighted by Crippen LogP contribution is 2.12. The molecule has 4 heteroatoms. The van der Waals surface area contributed by atoms with E-state index in [0.29, 0.717) is 5.92 Å². The molecule has 96 valence electrons. The lowest BCUT2D eigenvalue weighted by atomic mass is 10.1. The van der Waals surface area contributed by atoms with Crippen molar-refractivity contribution < 1.29 is 0 Å². The van der Waals surface area contributed by atoms with Gasteiger partial charge in [-0.3, -0.25) is 0 Å². The van der Waals surface area contributed by atoms with Gasteiger partial charge in [-0.05, 0) is 12.8 Å². The SMILES string of the molecule is CCNc1cc(NCC(C)CC)nc(CC)n1. The van der Waals surface area contributed by atoms with Crippen molar-refractivity contribution in [1.29, 1.82) is 0 Å². The Bertz CT molecular complexity index is 338. The van der Waals surface area contributed by atoms with Crippen molar-refractivity contribution in [2.24, 2.45) is 5.92 Å². The summed E-state index contributed by atoms with van der Waals surface area (Å²) in [6.07, 6.45) is 2.04. The number of aryl methyl sites for hydroxylation is 1. The van der Waals surface area contributed by atoms with Crippen LogP contribution in [0.5, 0.6) is 0 Å². The molecular formula is C13H24N4. The van der Waals surface area contributed by atoms with Gasteiger partial charge in [0.1, 0.15) is 17.5 Å². The summed E-state index contributed by atoms with van der Waals surface area (Å²) in [7, 11) is 0. The average Bonchev–Trinajstić information content (AvgIpc) is 2.36. The fourth-order valence-electron chi connectivity index (χ4n) is 1.44. The lowest BCUT2D eigenvalue weighted by Crippen LogP contribution is -2.13. The van der Waals surface area contributed by atoms with Crippen LogP contribution >= 0.6 is 0 Å². The third-order valence-corrected chi connectivity index (χ3v) is 2.78. The van der Waals surface area contributed by atoms with Crippen LogP contribution in [0.4, 0.5) is 11.6 Å². The quantitative estimate of drug-likeness (QED) is 0.764. The molecule has 17 heavy (non-hydrogen) atoms. The summed E-state index contributed by atoms with van der Waals surface area (Å²) >= 11 is 0. The van der Waals surface area contributed by atoms with Crippen molar-refractivity contribution in [2.75, 3.05) is 23.7 Å². The van der Waals surface area contributed by atoms with Gasteiger partial charge in [-0.25, -0.2) is 9.97 Å². The maximum Gasteiger partial charge on any atom is 0.132 e. The van der Waals surface area contributed by atoms with E-state index in [9.17, 15) is 0 Å². The fourth-order valence-corrected chi connectivity index (χ4v) is 1.44. The molecule has 2 N–H and O–H groups in total. The number of hydrogen-bond acceptors (Lipinski definition) is 4. The van der Waals surface area contributed by atoms with E-state index >= 15 is 0 Å². The second kappa shape index (κ2) is 7.09. The van der Waals surface area contributed by atoms with Crippen LogP contribution < -0.4 is 10.6 Å². The van der Waals surface area contributed by atoms with Gasteiger partial charge in [0.05, 0.1) is 0 Å². The van der Waals surface area contributed by atoms with Crippen LogP contribution in [-0.2, 0) is 6.42 Å². The topological polar surface area (TPSA) is 49.8 Å². The van der Waals surface area contributed by atoms with Gasteiger partial charge in [-0.2, -0.15) is 0 Å². The monoisotopic (exact) mass is 236 g/mol. The number of nitrogens with zero attached hydrogens (tertiary/aromatic N) is 2. The number of aromatic nitrogens is 2. The molecule has 0 aromatic carbocycles. The maximum atomic E-state index is 4.48. The minimum atomic E-state index is 0.664. The highest BCUT2D eigenvalue weighted by atomic mass is 15.1. The molecule has 0 bridgehead atoms. The molecule has 1 aromatic rings. The van der Waals surface area contributed by atoms with E-state index in [1.807, 2.05) is 6.07 Å². The van der Waals surface area contributed by atoms with Gasteiger partial charge in [0, 0.05) is 25.6 Å². The first-order chi connectivity index (χ1) is 8.19. The zero-order valence-corrected chi connectivity index (χ0v) is 11.4. The smallest absolute Gasteiger partial charge is 0.132 e. The summed E-state index contributed by atoms with van der Waals surface area (Å²) in [6, 6.07) is 1.98. The van der Waals surface area contributed by atoms with E-state index < -0.39 is 0 Å². The number of hydrogen-bond donors (Lipinski definition) is 2. The van der Waals surface area contributed by atoms with Gasteiger partial charge in [-0.1, -0.05) is 27.2 Å². The molecule has 0 fully saturated rings. The van der Waals surface area contributed by atoms with Gasteiger partial charge in [0.25, 0.3) is 0 Å². The highest BCUT2D eigenvalue weighted by molar-refractivity contribution is 5.47. The van der Waals surface area contributed by atoms with E-state index in [1.165, 1.54) is 6.42 Å². The molecule has 0 saturated carbocycles. The highest BCUT2D eigenvalue weighted by Gasteiger charge is 2.04. The molecule has 1 unspecified atom stereocenters. The largest absolute Gasteiger partial charge is 0.370 e. The van der Waals surface area contributed by atoms with Crippen molar-refractivity contribution >= 4 is 11.6 Å². The van der Waals surface area contributed by atoms with Gasteiger partial charge in [-0.15, -0.1) is 0 Å². The van der Waals surface area contributed by atoms with Gasteiger partial charge >= 0.3 is 0 Å². The predicted molar refractivity (Wildman–Crippen MR) is 73.5 cm³/mol. The number of anilines is 2. The summed E-state index contributed by atoms with van der Waals surface area (Å²) in [5.74, 6) is 3.38. The molecule has 4 nitrogen and oxygen atoms in total. The van der Waals surface area contributed by atoms with E-state index in [2.05, 4.69) is 48.3 Å². The van der Waals surface area contributed by atoms with Crippen molar-refractivity contribution in [2.45, 2.75) is 40.5 Å². The summed E-state index contributed by atoms with van der Waals surface area (Å²) in [5.41, 5.74) is 0. The second-order valence-corrected chi connectivity index (χ2v) is 4.33.